The van der Waals surface area contributed by atoms with Crippen LogP contribution in [0.25, 0.3) is 0 Å². The number of ether oxygens (including phenoxy) is 1. The normalized spacial score (nSPS) is 19.6. The van der Waals surface area contributed by atoms with Gasteiger partial charge in [0.05, 0.1) is 12.7 Å². The number of carbonyl (C=O) groups is 1. The van der Waals surface area contributed by atoms with Crippen molar-refractivity contribution in [1.29, 1.82) is 0 Å². The van der Waals surface area contributed by atoms with Crippen molar-refractivity contribution in [2.45, 2.75) is 32.4 Å². The molecule has 0 saturated carbocycles. The van der Waals surface area contributed by atoms with Gasteiger partial charge in [-0.15, -0.1) is 0 Å². The van der Waals surface area contributed by atoms with E-state index >= 15 is 0 Å². The van der Waals surface area contributed by atoms with Crippen molar-refractivity contribution in [3.8, 4) is 0 Å². The van der Waals surface area contributed by atoms with Crippen LogP contribution in [0, 0.1) is 0 Å². The third kappa shape index (κ3) is 5.28. The topological polar surface area (TPSA) is 95.9 Å². The lowest BCUT2D eigenvalue weighted by atomic mass is 10.0. The van der Waals surface area contributed by atoms with Crippen LogP contribution in [-0.2, 0) is 32.7 Å². The largest absolute Gasteiger partial charge is 0.481 e. The molecule has 0 bridgehead atoms. The van der Waals surface area contributed by atoms with Gasteiger partial charge in [0, 0.05) is 26.1 Å². The number of aliphatic carboxylic acids is 1. The standard InChI is InChI=1S/C15H22N2O5S/c1-12-11-17(8-9-22-12)23(20,21)16-10-14-5-3-2-4-13(14)6-7-15(18)19/h2-5,12,16H,6-11H2,1H3,(H,18,19). The summed E-state index contributed by atoms with van der Waals surface area (Å²) < 4.78 is 34.0. The van der Waals surface area contributed by atoms with E-state index in [1.54, 1.807) is 0 Å². The monoisotopic (exact) mass is 342 g/mol. The minimum absolute atomic E-state index is 0.0186. The summed E-state index contributed by atoms with van der Waals surface area (Å²) in [4.78, 5) is 10.7. The van der Waals surface area contributed by atoms with Gasteiger partial charge in [-0.1, -0.05) is 24.3 Å². The number of carboxylic acids is 1. The number of aryl methyl sites for hydroxylation is 1. The first-order valence-corrected chi connectivity index (χ1v) is 8.97. The predicted octanol–water partition coefficient (Wildman–Crippen LogP) is 0.759. The Morgan fingerprint density at radius 3 is 2.74 bits per heavy atom. The van der Waals surface area contributed by atoms with Crippen molar-refractivity contribution < 1.29 is 23.1 Å². The Labute approximate surface area is 136 Å². The van der Waals surface area contributed by atoms with Crippen LogP contribution in [0.1, 0.15) is 24.5 Å². The molecule has 1 aromatic carbocycles. The number of morpholine rings is 1. The van der Waals surface area contributed by atoms with E-state index in [4.69, 9.17) is 9.84 Å². The summed E-state index contributed by atoms with van der Waals surface area (Å²) in [7, 11) is -3.58. The molecule has 1 saturated heterocycles. The first kappa shape index (κ1) is 17.9. The first-order valence-electron chi connectivity index (χ1n) is 7.53. The Hall–Kier alpha value is -1.48. The molecule has 1 atom stereocenters. The van der Waals surface area contributed by atoms with Crippen molar-refractivity contribution in [3.05, 3.63) is 35.4 Å². The number of nitrogens with zero attached hydrogens (tertiary/aromatic N) is 1. The second-order valence-electron chi connectivity index (χ2n) is 5.53. The number of hydrogen-bond donors (Lipinski definition) is 2. The fraction of sp³-hybridized carbons (Fsp3) is 0.533. The first-order chi connectivity index (χ1) is 10.9. The maximum Gasteiger partial charge on any atom is 0.303 e. The summed E-state index contributed by atoms with van der Waals surface area (Å²) in [6, 6.07) is 7.26. The molecule has 128 valence electrons. The van der Waals surface area contributed by atoms with Crippen LogP contribution in [0.4, 0.5) is 0 Å². The van der Waals surface area contributed by atoms with Gasteiger partial charge in [0.15, 0.2) is 0 Å². The molecule has 2 rings (SSSR count). The second kappa shape index (κ2) is 7.87. The number of benzene rings is 1. The quantitative estimate of drug-likeness (QED) is 0.763. The Morgan fingerprint density at radius 2 is 2.09 bits per heavy atom. The molecule has 0 aromatic heterocycles. The molecule has 0 amide bonds. The Balaban J connectivity index is 2.01. The van der Waals surface area contributed by atoms with Crippen LogP contribution in [0.15, 0.2) is 24.3 Å². The summed E-state index contributed by atoms with van der Waals surface area (Å²) in [6.45, 7) is 3.03. The van der Waals surface area contributed by atoms with Gasteiger partial charge in [-0.25, -0.2) is 0 Å². The van der Waals surface area contributed by atoms with Crippen LogP contribution in [-0.4, -0.2) is 49.6 Å². The molecule has 7 nitrogen and oxygen atoms in total. The molecule has 1 aromatic rings. The van der Waals surface area contributed by atoms with E-state index in [1.165, 1.54) is 4.31 Å². The molecule has 23 heavy (non-hydrogen) atoms. The average molecular weight is 342 g/mol. The summed E-state index contributed by atoms with van der Waals surface area (Å²) in [5.74, 6) is -0.873. The Morgan fingerprint density at radius 1 is 1.39 bits per heavy atom. The van der Waals surface area contributed by atoms with Crippen LogP contribution in [0.5, 0.6) is 0 Å². The lowest BCUT2D eigenvalue weighted by Crippen LogP contribution is -2.49. The molecular weight excluding hydrogens is 320 g/mol. The van der Waals surface area contributed by atoms with Crippen LogP contribution < -0.4 is 4.72 Å². The summed E-state index contributed by atoms with van der Waals surface area (Å²) in [5, 5.41) is 8.79. The van der Waals surface area contributed by atoms with E-state index in [1.807, 2.05) is 31.2 Å². The molecule has 8 heteroatoms. The zero-order valence-corrected chi connectivity index (χ0v) is 13.9. The van der Waals surface area contributed by atoms with Gasteiger partial charge in [0.1, 0.15) is 0 Å². The molecule has 0 spiro atoms. The maximum absolute atomic E-state index is 12.3. The highest BCUT2D eigenvalue weighted by Crippen LogP contribution is 2.13. The van der Waals surface area contributed by atoms with E-state index in [-0.39, 0.29) is 19.1 Å². The van der Waals surface area contributed by atoms with Crippen LogP contribution in [0.2, 0.25) is 0 Å². The third-order valence-corrected chi connectivity index (χ3v) is 5.24. The lowest BCUT2D eigenvalue weighted by Gasteiger charge is -2.30. The zero-order chi connectivity index (χ0) is 16.9. The van der Waals surface area contributed by atoms with E-state index in [0.717, 1.165) is 11.1 Å². The summed E-state index contributed by atoms with van der Waals surface area (Å²) in [6.07, 6.45) is 0.273. The number of hydrogen-bond acceptors (Lipinski definition) is 4. The molecule has 2 N–H and O–H groups in total. The molecule has 1 unspecified atom stereocenters. The summed E-state index contributed by atoms with van der Waals surface area (Å²) >= 11 is 0. The maximum atomic E-state index is 12.3. The smallest absolute Gasteiger partial charge is 0.303 e. The van der Waals surface area contributed by atoms with Crippen molar-refractivity contribution in [3.63, 3.8) is 0 Å². The number of rotatable bonds is 7. The molecule has 1 aliphatic heterocycles. The van der Waals surface area contributed by atoms with Gasteiger partial charge in [0.25, 0.3) is 10.2 Å². The van der Waals surface area contributed by atoms with Gasteiger partial charge < -0.3 is 9.84 Å². The van der Waals surface area contributed by atoms with Gasteiger partial charge in [-0.2, -0.15) is 17.4 Å². The Bertz CT molecular complexity index is 647. The lowest BCUT2D eigenvalue weighted by molar-refractivity contribution is -0.136. The predicted molar refractivity (Wildman–Crippen MR) is 85.1 cm³/mol. The van der Waals surface area contributed by atoms with E-state index in [0.29, 0.717) is 26.1 Å². The molecule has 1 heterocycles. The van der Waals surface area contributed by atoms with E-state index in [2.05, 4.69) is 4.72 Å². The number of nitrogens with one attached hydrogen (secondary N) is 1. The van der Waals surface area contributed by atoms with Gasteiger partial charge in [-0.05, 0) is 24.5 Å². The van der Waals surface area contributed by atoms with Crippen LogP contribution in [0.3, 0.4) is 0 Å². The zero-order valence-electron chi connectivity index (χ0n) is 13.1. The van der Waals surface area contributed by atoms with Crippen molar-refractivity contribution in [1.82, 2.24) is 9.03 Å². The van der Waals surface area contributed by atoms with Crippen molar-refractivity contribution >= 4 is 16.2 Å². The van der Waals surface area contributed by atoms with Crippen LogP contribution >= 0.6 is 0 Å². The fourth-order valence-corrected chi connectivity index (χ4v) is 3.72. The molecule has 0 radical (unpaired) electrons. The number of carboxylic acid groups (broad SMARTS) is 1. The molecular formula is C15H22N2O5S. The highest BCUT2D eigenvalue weighted by molar-refractivity contribution is 7.87. The van der Waals surface area contributed by atoms with Gasteiger partial charge >= 0.3 is 5.97 Å². The molecule has 0 aliphatic carbocycles. The van der Waals surface area contributed by atoms with E-state index < -0.39 is 16.2 Å². The summed E-state index contributed by atoms with van der Waals surface area (Å²) in [5.41, 5.74) is 1.63. The van der Waals surface area contributed by atoms with Gasteiger partial charge in [-0.3, -0.25) is 4.79 Å². The second-order valence-corrected chi connectivity index (χ2v) is 7.28. The molecule has 1 fully saturated rings. The van der Waals surface area contributed by atoms with Gasteiger partial charge in [0.2, 0.25) is 0 Å². The highest BCUT2D eigenvalue weighted by Gasteiger charge is 2.27. The SMILES string of the molecule is CC1CN(S(=O)(=O)NCc2ccccc2CCC(=O)O)CCO1. The highest BCUT2D eigenvalue weighted by atomic mass is 32.2. The minimum Gasteiger partial charge on any atom is -0.481 e. The minimum atomic E-state index is -3.58. The molecule has 1 aliphatic rings. The fourth-order valence-electron chi connectivity index (χ4n) is 2.48. The Kier molecular flexibility index (Phi) is 6.11. The van der Waals surface area contributed by atoms with E-state index in [9.17, 15) is 13.2 Å². The average Bonchev–Trinajstić information content (AvgIpc) is 2.51. The van der Waals surface area contributed by atoms with Crippen molar-refractivity contribution in [2.75, 3.05) is 19.7 Å². The van der Waals surface area contributed by atoms with Crippen molar-refractivity contribution in [2.24, 2.45) is 0 Å². The third-order valence-electron chi connectivity index (χ3n) is 3.72.